The Morgan fingerprint density at radius 2 is 1.95 bits per heavy atom. The molecule has 0 heterocycles. The van der Waals surface area contributed by atoms with Gasteiger partial charge in [-0.05, 0) is 17.9 Å². The third-order valence-electron chi connectivity index (χ3n) is 1.82. The quantitative estimate of drug-likeness (QED) is 0.749. The second-order valence-corrected chi connectivity index (χ2v) is 4.56. The van der Waals surface area contributed by atoms with Crippen molar-refractivity contribution in [1.82, 2.24) is 0 Å². The molecule has 1 unspecified atom stereocenters. The summed E-state index contributed by atoms with van der Waals surface area (Å²) in [4.78, 5) is 10.8. The van der Waals surface area contributed by atoms with Gasteiger partial charge < -0.3 is 19.4 Å². The van der Waals surface area contributed by atoms with Crippen LogP contribution in [0.3, 0.4) is 0 Å². The average Bonchev–Trinajstić information content (AvgIpc) is 2.28. The summed E-state index contributed by atoms with van der Waals surface area (Å²) in [6.45, 7) is 1.68. The number of thioether (sulfide) groups is 1. The van der Waals surface area contributed by atoms with E-state index in [0.717, 1.165) is 17.8 Å². The van der Waals surface area contributed by atoms with Crippen LogP contribution >= 0.6 is 11.8 Å². The number of benzene rings is 1. The van der Waals surface area contributed by atoms with Crippen LogP contribution in [0.2, 0.25) is 0 Å². The molecule has 1 rings (SSSR count). The molecule has 1 aromatic carbocycles. The highest BCUT2D eigenvalue weighted by Crippen LogP contribution is 2.33. The van der Waals surface area contributed by atoms with Gasteiger partial charge in [-0.3, -0.25) is 0 Å². The molecule has 4 nitrogen and oxygen atoms in total. The summed E-state index contributed by atoms with van der Waals surface area (Å²) in [6.07, 6.45) is -4.88. The van der Waals surface area contributed by atoms with Crippen LogP contribution in [0, 0.1) is 0 Å². The van der Waals surface area contributed by atoms with E-state index in [-0.39, 0.29) is 5.75 Å². The number of para-hydroxylation sites is 2. The number of carboxylic acids is 1. The zero-order valence-corrected chi connectivity index (χ0v) is 10.6. The number of hydrogen-bond acceptors (Lipinski definition) is 5. The topological polar surface area (TPSA) is 58.6 Å². The van der Waals surface area contributed by atoms with Gasteiger partial charge in [0.2, 0.25) is 0 Å². The van der Waals surface area contributed by atoms with Crippen LogP contribution in [-0.4, -0.2) is 23.5 Å². The molecule has 0 aliphatic rings. The first kappa shape index (κ1) is 15.5. The molecule has 0 aromatic heterocycles. The molecule has 0 bridgehead atoms. The van der Waals surface area contributed by atoms with Gasteiger partial charge in [0.25, 0.3) is 0 Å². The maximum atomic E-state index is 12.2. The zero-order valence-electron chi connectivity index (χ0n) is 9.77. The van der Waals surface area contributed by atoms with E-state index in [1.165, 1.54) is 18.2 Å². The SMILES string of the molecule is CCSC(Oc1ccccc1OC(F)(F)F)C(=O)[O-]. The number of carbonyl (C=O) groups is 1. The summed E-state index contributed by atoms with van der Waals surface area (Å²) >= 11 is 0.885. The third kappa shape index (κ3) is 5.29. The molecule has 0 saturated carbocycles. The molecule has 19 heavy (non-hydrogen) atoms. The highest BCUT2D eigenvalue weighted by atomic mass is 32.2. The van der Waals surface area contributed by atoms with Gasteiger partial charge in [-0.15, -0.1) is 24.9 Å². The first-order valence-corrected chi connectivity index (χ1v) is 6.22. The van der Waals surface area contributed by atoms with Crippen LogP contribution in [0.25, 0.3) is 0 Å². The molecule has 0 saturated heterocycles. The van der Waals surface area contributed by atoms with Crippen molar-refractivity contribution in [2.75, 3.05) is 5.75 Å². The molecule has 1 aromatic rings. The largest absolute Gasteiger partial charge is 0.573 e. The molecule has 0 spiro atoms. The lowest BCUT2D eigenvalue weighted by molar-refractivity contribution is -0.309. The number of hydrogen-bond donors (Lipinski definition) is 0. The lowest BCUT2D eigenvalue weighted by atomic mass is 10.3. The normalized spacial score (nSPS) is 12.8. The summed E-state index contributed by atoms with van der Waals surface area (Å²) in [5, 5.41) is 10.8. The van der Waals surface area contributed by atoms with Crippen molar-refractivity contribution in [2.45, 2.75) is 18.7 Å². The average molecular weight is 295 g/mol. The van der Waals surface area contributed by atoms with E-state index in [4.69, 9.17) is 4.74 Å². The van der Waals surface area contributed by atoms with Gasteiger partial charge in [0.1, 0.15) is 0 Å². The number of ether oxygens (including phenoxy) is 2. The van der Waals surface area contributed by atoms with E-state index in [1.807, 2.05) is 0 Å². The van der Waals surface area contributed by atoms with Crippen molar-refractivity contribution in [1.29, 1.82) is 0 Å². The summed E-state index contributed by atoms with van der Waals surface area (Å²) in [5.41, 5.74) is -1.40. The van der Waals surface area contributed by atoms with Crippen molar-refractivity contribution >= 4 is 17.7 Å². The summed E-state index contributed by atoms with van der Waals surface area (Å²) in [6, 6.07) is 4.94. The first-order valence-electron chi connectivity index (χ1n) is 5.17. The fourth-order valence-electron chi connectivity index (χ4n) is 1.17. The maximum Gasteiger partial charge on any atom is 0.573 e. The van der Waals surface area contributed by atoms with E-state index in [0.29, 0.717) is 5.75 Å². The number of halogens is 3. The molecule has 0 fully saturated rings. The zero-order chi connectivity index (χ0) is 14.5. The van der Waals surface area contributed by atoms with Crippen LogP contribution in [0.4, 0.5) is 13.2 Å². The molecule has 8 heteroatoms. The number of alkyl halides is 3. The van der Waals surface area contributed by atoms with Gasteiger partial charge in [0.05, 0.1) is 5.97 Å². The van der Waals surface area contributed by atoms with E-state index < -0.39 is 23.5 Å². The Morgan fingerprint density at radius 3 is 2.42 bits per heavy atom. The first-order chi connectivity index (χ1) is 8.83. The van der Waals surface area contributed by atoms with E-state index in [9.17, 15) is 23.1 Å². The van der Waals surface area contributed by atoms with E-state index in [1.54, 1.807) is 6.92 Å². The molecule has 0 amide bonds. The molecule has 106 valence electrons. The molecule has 1 atom stereocenters. The van der Waals surface area contributed by atoms with Crippen LogP contribution in [0.5, 0.6) is 11.5 Å². The second kappa shape index (κ2) is 6.55. The van der Waals surface area contributed by atoms with Gasteiger partial charge in [0.15, 0.2) is 16.9 Å². The molecular weight excluding hydrogens is 285 g/mol. The van der Waals surface area contributed by atoms with Crippen LogP contribution < -0.4 is 14.6 Å². The van der Waals surface area contributed by atoms with Crippen LogP contribution in [-0.2, 0) is 4.79 Å². The van der Waals surface area contributed by atoms with Crippen LogP contribution in [0.1, 0.15) is 6.92 Å². The minimum atomic E-state index is -4.88. The molecule has 0 N–H and O–H groups in total. The van der Waals surface area contributed by atoms with Gasteiger partial charge in [-0.1, -0.05) is 19.1 Å². The number of rotatable bonds is 6. The van der Waals surface area contributed by atoms with Gasteiger partial charge in [0, 0.05) is 0 Å². The summed E-state index contributed by atoms with van der Waals surface area (Å²) in [7, 11) is 0. The van der Waals surface area contributed by atoms with Crippen molar-refractivity contribution in [3.63, 3.8) is 0 Å². The fraction of sp³-hybridized carbons (Fsp3) is 0.364. The molecular formula is C11H10F3O4S-. The Labute approximate surface area is 111 Å². The van der Waals surface area contributed by atoms with Crippen LogP contribution in [0.15, 0.2) is 24.3 Å². The summed E-state index contributed by atoms with van der Waals surface area (Å²) < 4.78 is 45.2. The maximum absolute atomic E-state index is 12.2. The monoisotopic (exact) mass is 295 g/mol. The highest BCUT2D eigenvalue weighted by Gasteiger charge is 2.32. The minimum absolute atomic E-state index is 0.310. The Bertz CT molecular complexity index is 436. The van der Waals surface area contributed by atoms with Crippen molar-refractivity contribution in [3.05, 3.63) is 24.3 Å². The van der Waals surface area contributed by atoms with E-state index in [2.05, 4.69) is 4.74 Å². The lowest BCUT2D eigenvalue weighted by Crippen LogP contribution is -2.37. The Kier molecular flexibility index (Phi) is 5.34. The summed E-state index contributed by atoms with van der Waals surface area (Å²) in [5.74, 6) is -2.03. The third-order valence-corrected chi connectivity index (χ3v) is 2.74. The molecule has 0 aliphatic carbocycles. The second-order valence-electron chi connectivity index (χ2n) is 3.22. The predicted molar refractivity (Wildman–Crippen MR) is 60.7 cm³/mol. The smallest absolute Gasteiger partial charge is 0.545 e. The van der Waals surface area contributed by atoms with Gasteiger partial charge >= 0.3 is 6.36 Å². The fourth-order valence-corrected chi connectivity index (χ4v) is 1.78. The van der Waals surface area contributed by atoms with Gasteiger partial charge in [-0.25, -0.2) is 0 Å². The standard InChI is InChI=1S/C11H11F3O4S/c1-2-19-10(9(15)16)17-7-5-3-4-6-8(7)18-11(12,13)14/h3-6,10H,2H2,1H3,(H,15,16)/p-1. The predicted octanol–water partition coefficient (Wildman–Crippen LogP) is 1.79. The minimum Gasteiger partial charge on any atom is -0.545 e. The van der Waals surface area contributed by atoms with Crippen molar-refractivity contribution in [2.24, 2.45) is 0 Å². The highest BCUT2D eigenvalue weighted by molar-refractivity contribution is 8.00. The van der Waals surface area contributed by atoms with Gasteiger partial charge in [-0.2, -0.15) is 0 Å². The number of carbonyl (C=O) groups excluding carboxylic acids is 1. The number of aliphatic carboxylic acids is 1. The van der Waals surface area contributed by atoms with Crippen molar-refractivity contribution in [3.8, 4) is 11.5 Å². The molecule has 0 aliphatic heterocycles. The Hall–Kier alpha value is -1.57. The molecule has 0 radical (unpaired) electrons. The lowest BCUT2D eigenvalue weighted by Gasteiger charge is -2.21. The number of carboxylic acid groups (broad SMARTS) is 1. The van der Waals surface area contributed by atoms with Crippen molar-refractivity contribution < 1.29 is 32.5 Å². The van der Waals surface area contributed by atoms with E-state index >= 15 is 0 Å². The Balaban J connectivity index is 2.90. The Morgan fingerprint density at radius 1 is 1.37 bits per heavy atom.